The average Bonchev–Trinajstić information content (AvgIpc) is 3.25. The summed E-state index contributed by atoms with van der Waals surface area (Å²) < 4.78 is 10.7. The first-order valence-corrected chi connectivity index (χ1v) is 24.4. The number of primary amides is 1. The van der Waals surface area contributed by atoms with Crippen LogP contribution in [-0.2, 0) is 54.3 Å². The minimum absolute atomic E-state index is 0. The fraction of sp³-hybridized carbons (Fsp3) is 0.720. The molecule has 3 amide bonds. The molecule has 0 saturated carbocycles. The number of carboxylic acids is 2. The molecule has 1 unspecified atom stereocenters. The Hall–Kier alpha value is -4.70. The zero-order chi connectivity index (χ0) is 49.0. The molecule has 0 aliphatic heterocycles. The Kier molecular flexibility index (Phi) is 33.6. The van der Waals surface area contributed by atoms with Crippen LogP contribution >= 0.6 is 0 Å². The summed E-state index contributed by atoms with van der Waals surface area (Å²) in [6.07, 6.45) is 17.3. The van der Waals surface area contributed by atoms with E-state index in [4.69, 9.17) is 20.3 Å². The summed E-state index contributed by atoms with van der Waals surface area (Å²) in [7, 11) is 0. The maximum absolute atomic E-state index is 13.4. The number of hydrogen-bond donors (Lipinski definition) is 6. The number of amides is 3. The maximum Gasteiger partial charge on any atom is 0.326 e. The maximum atomic E-state index is 13.4. The van der Waals surface area contributed by atoms with E-state index in [1.807, 2.05) is 13.8 Å². The van der Waals surface area contributed by atoms with Gasteiger partial charge in [0.15, 0.2) is 5.78 Å². The number of phenols is 1. The second-order valence-corrected chi connectivity index (χ2v) is 18.0. The van der Waals surface area contributed by atoms with Gasteiger partial charge in [0, 0.05) is 59.8 Å². The van der Waals surface area contributed by atoms with Crippen molar-refractivity contribution in [3.05, 3.63) is 29.8 Å². The smallest absolute Gasteiger partial charge is 0.326 e. The van der Waals surface area contributed by atoms with Gasteiger partial charge in [-0.25, -0.2) is 4.79 Å². The number of phenolic OH excluding ortho intramolecular Hbond substituents is 1. The number of carbonyl (C=O) groups is 8. The van der Waals surface area contributed by atoms with Gasteiger partial charge in [0.05, 0.1) is 13.2 Å². The molecule has 0 saturated heterocycles. The molecule has 0 radical (unpaired) electrons. The lowest BCUT2D eigenvalue weighted by molar-refractivity contribution is -0.142. The molecule has 378 valence electrons. The third-order valence-corrected chi connectivity index (χ3v) is 11.4. The van der Waals surface area contributed by atoms with Crippen LogP contribution in [-0.4, -0.2) is 101 Å². The Balaban J connectivity index is 0. The highest BCUT2D eigenvalue weighted by molar-refractivity contribution is 5.91. The SMILES string of the molecule is CC(C)CC(=O)C[C@@H](CCCCNC(=O)COCCOCC(=O)CCC(NC(=O)CCCCCCCCCCCCCCCCC(=O)O)C(=O)O)C(=O)C[C@@H](Cc1ccc(O)cc1)C(N)=O.[HH].[HH]. The Morgan fingerprint density at radius 2 is 1.15 bits per heavy atom. The van der Waals surface area contributed by atoms with E-state index in [9.17, 15) is 48.6 Å². The number of hydrogen-bond acceptors (Lipinski definition) is 11. The van der Waals surface area contributed by atoms with Gasteiger partial charge in [-0.3, -0.25) is 33.6 Å². The Morgan fingerprint density at radius 3 is 1.68 bits per heavy atom. The van der Waals surface area contributed by atoms with E-state index in [2.05, 4.69) is 10.6 Å². The minimum Gasteiger partial charge on any atom is -0.508 e. The minimum atomic E-state index is -1.21. The summed E-state index contributed by atoms with van der Waals surface area (Å²) in [5, 5.41) is 33.1. The topological polar surface area (TPSA) is 266 Å². The highest BCUT2D eigenvalue weighted by Gasteiger charge is 2.27. The molecule has 66 heavy (non-hydrogen) atoms. The van der Waals surface area contributed by atoms with E-state index in [1.165, 1.54) is 50.7 Å². The van der Waals surface area contributed by atoms with Crippen molar-refractivity contribution in [2.75, 3.05) is 33.0 Å². The van der Waals surface area contributed by atoms with Crippen molar-refractivity contribution in [1.82, 2.24) is 10.6 Å². The third kappa shape index (κ3) is 32.9. The van der Waals surface area contributed by atoms with E-state index >= 15 is 0 Å². The fourth-order valence-corrected chi connectivity index (χ4v) is 7.64. The zero-order valence-electron chi connectivity index (χ0n) is 39.8. The quantitative estimate of drug-likeness (QED) is 0.0344. The molecule has 16 heteroatoms. The van der Waals surface area contributed by atoms with Gasteiger partial charge in [-0.1, -0.05) is 109 Å². The molecule has 0 spiro atoms. The van der Waals surface area contributed by atoms with Crippen LogP contribution in [0.4, 0.5) is 0 Å². The van der Waals surface area contributed by atoms with Crippen LogP contribution in [0.25, 0.3) is 0 Å². The largest absolute Gasteiger partial charge is 0.508 e. The second-order valence-electron chi connectivity index (χ2n) is 18.0. The monoisotopic (exact) mass is 936 g/mol. The van der Waals surface area contributed by atoms with E-state index in [1.54, 1.807) is 12.1 Å². The molecule has 7 N–H and O–H groups in total. The number of ketones is 3. The average molecular weight is 936 g/mol. The van der Waals surface area contributed by atoms with Gasteiger partial charge in [-0.2, -0.15) is 0 Å². The van der Waals surface area contributed by atoms with Crippen LogP contribution in [0.5, 0.6) is 5.75 Å². The van der Waals surface area contributed by atoms with Gasteiger partial charge in [-0.15, -0.1) is 0 Å². The van der Waals surface area contributed by atoms with Crippen molar-refractivity contribution < 1.29 is 66.0 Å². The summed E-state index contributed by atoms with van der Waals surface area (Å²) in [6.45, 7) is 3.76. The first-order chi connectivity index (χ1) is 31.6. The van der Waals surface area contributed by atoms with Crippen molar-refractivity contribution >= 4 is 47.0 Å². The molecule has 0 aliphatic carbocycles. The van der Waals surface area contributed by atoms with Crippen LogP contribution in [0.1, 0.15) is 176 Å². The molecule has 0 bridgehead atoms. The lowest BCUT2D eigenvalue weighted by atomic mass is 9.84. The lowest BCUT2D eigenvalue weighted by Crippen LogP contribution is -2.41. The number of aromatic hydroxyl groups is 1. The van der Waals surface area contributed by atoms with Crippen molar-refractivity contribution in [2.24, 2.45) is 23.5 Å². The molecule has 0 aromatic heterocycles. The zero-order valence-corrected chi connectivity index (χ0v) is 39.8. The summed E-state index contributed by atoms with van der Waals surface area (Å²) in [5.74, 6) is -4.92. The van der Waals surface area contributed by atoms with Gasteiger partial charge in [-0.05, 0) is 62.1 Å². The number of unbranched alkanes of at least 4 members (excludes halogenated alkanes) is 14. The van der Waals surface area contributed by atoms with Crippen LogP contribution in [0.2, 0.25) is 0 Å². The van der Waals surface area contributed by atoms with Crippen molar-refractivity contribution in [3.63, 3.8) is 0 Å². The van der Waals surface area contributed by atoms with E-state index in [-0.39, 0.29) is 115 Å². The van der Waals surface area contributed by atoms with Crippen molar-refractivity contribution in [3.8, 4) is 5.75 Å². The van der Waals surface area contributed by atoms with Gasteiger partial charge in [0.1, 0.15) is 36.6 Å². The number of ether oxygens (including phenoxy) is 2. The summed E-state index contributed by atoms with van der Waals surface area (Å²) in [5.41, 5.74) is 6.39. The van der Waals surface area contributed by atoms with Gasteiger partial charge in [0.25, 0.3) is 0 Å². The Labute approximate surface area is 395 Å². The van der Waals surface area contributed by atoms with Crippen LogP contribution < -0.4 is 16.4 Å². The molecule has 1 rings (SSSR count). The van der Waals surface area contributed by atoms with Gasteiger partial charge in [0.2, 0.25) is 17.7 Å². The fourth-order valence-electron chi connectivity index (χ4n) is 7.64. The number of nitrogens with one attached hydrogen (secondary N) is 2. The normalized spacial score (nSPS) is 12.6. The predicted octanol–water partition coefficient (Wildman–Crippen LogP) is 7.67. The van der Waals surface area contributed by atoms with E-state index < -0.39 is 35.7 Å². The second kappa shape index (κ2) is 37.4. The third-order valence-electron chi connectivity index (χ3n) is 11.4. The summed E-state index contributed by atoms with van der Waals surface area (Å²) in [6, 6.07) is 5.16. The molecular weight excluding hydrogens is 851 g/mol. The van der Waals surface area contributed by atoms with Gasteiger partial charge >= 0.3 is 11.9 Å². The number of carboxylic acid groups (broad SMARTS) is 2. The number of carbonyl (C=O) groups excluding carboxylic acids is 6. The van der Waals surface area contributed by atoms with Crippen LogP contribution in [0.3, 0.4) is 0 Å². The Bertz CT molecular complexity index is 1600. The molecule has 1 aromatic rings. The van der Waals surface area contributed by atoms with Gasteiger partial charge < -0.3 is 41.2 Å². The molecule has 16 nitrogen and oxygen atoms in total. The van der Waals surface area contributed by atoms with Crippen molar-refractivity contribution in [2.45, 2.75) is 180 Å². The molecule has 0 heterocycles. The number of aliphatic carboxylic acids is 2. The van der Waals surface area contributed by atoms with Crippen LogP contribution in [0.15, 0.2) is 24.3 Å². The molecule has 0 aliphatic rings. The number of benzene rings is 1. The molecular formula is C50H85N3O13. The number of rotatable bonds is 44. The molecule has 1 aromatic carbocycles. The van der Waals surface area contributed by atoms with Crippen LogP contribution in [0, 0.1) is 17.8 Å². The highest BCUT2D eigenvalue weighted by Crippen LogP contribution is 2.23. The number of Topliss-reactive ketones (excluding diaryl/α,β-unsaturated/α-hetero) is 3. The summed E-state index contributed by atoms with van der Waals surface area (Å²) in [4.78, 5) is 97.6. The number of nitrogens with two attached hydrogens (primary N) is 1. The molecule has 3 atom stereocenters. The predicted molar refractivity (Wildman–Crippen MR) is 255 cm³/mol. The van der Waals surface area contributed by atoms with E-state index in [0.717, 1.165) is 50.5 Å². The first-order valence-electron chi connectivity index (χ1n) is 24.4. The summed E-state index contributed by atoms with van der Waals surface area (Å²) >= 11 is 0. The highest BCUT2D eigenvalue weighted by atomic mass is 16.5. The Morgan fingerprint density at radius 1 is 0.606 bits per heavy atom. The standard InChI is InChI=1S/C50H81N3O13.2H2/c1-37(2)31-43(56)33-39(45(57)34-40(49(51)62)32-38-22-24-41(54)25-23-38)19-17-18-28-52-47(59)36-66-30-29-65-35-42(55)26-27-44(50(63)64)53-46(58)20-15-13-11-9-7-5-3-4-6-8-10-12-14-16-21-48(60)61;;/h22-25,37,39-40,44,54H,3-21,26-36H2,1-2H3,(H2,51,62)(H,52,59)(H,53,58)(H,60,61)(H,63,64);2*1H/t39-,40-,44?;;/m1../s1. The lowest BCUT2D eigenvalue weighted by Gasteiger charge is -2.19. The first kappa shape index (κ1) is 59.3. The van der Waals surface area contributed by atoms with Crippen molar-refractivity contribution in [1.29, 1.82) is 0 Å². The van der Waals surface area contributed by atoms with E-state index in [0.29, 0.717) is 38.6 Å². The molecule has 0 fully saturated rings.